The molecule has 1 amide bonds. The number of non-ortho nitro benzene ring substituents is 1. The van der Waals surface area contributed by atoms with Crippen molar-refractivity contribution in [2.75, 3.05) is 6.79 Å². The van der Waals surface area contributed by atoms with Gasteiger partial charge in [-0.25, -0.2) is 5.43 Å². The van der Waals surface area contributed by atoms with Crippen molar-refractivity contribution in [3.8, 4) is 11.5 Å². The molecule has 1 N–H and O–H groups in total. The third-order valence-corrected chi connectivity index (χ3v) is 4.07. The van der Waals surface area contributed by atoms with Crippen LogP contribution in [0.2, 0.25) is 0 Å². The number of nitrogens with one attached hydrogen (secondary N) is 1. The molecule has 2 heterocycles. The number of carbonyl (C=O) groups is 1. The van der Waals surface area contributed by atoms with Crippen molar-refractivity contribution in [2.24, 2.45) is 5.10 Å². The minimum atomic E-state index is -0.566. The van der Waals surface area contributed by atoms with E-state index in [1.165, 1.54) is 30.5 Å². The number of rotatable bonds is 4. The van der Waals surface area contributed by atoms with Gasteiger partial charge in [0.2, 0.25) is 6.79 Å². The Morgan fingerprint density at radius 3 is 2.78 bits per heavy atom. The number of benzene rings is 2. The number of nitro groups is 1. The number of fused-ring (bicyclic) bond motifs is 2. The molecule has 136 valence electrons. The Kier molecular flexibility index (Phi) is 3.96. The molecule has 3 aromatic rings. The second kappa shape index (κ2) is 6.45. The fourth-order valence-electron chi connectivity index (χ4n) is 2.67. The van der Waals surface area contributed by atoms with Crippen LogP contribution in [0.4, 0.5) is 5.69 Å². The first-order chi connectivity index (χ1) is 13.0. The fraction of sp³-hybridized carbons (Fsp3) is 0.111. The van der Waals surface area contributed by atoms with Gasteiger partial charge in [0, 0.05) is 23.1 Å². The van der Waals surface area contributed by atoms with Crippen LogP contribution >= 0.6 is 0 Å². The molecular formula is C18H13N3O6. The molecule has 1 aromatic heterocycles. The van der Waals surface area contributed by atoms with Gasteiger partial charge >= 0.3 is 5.91 Å². The van der Waals surface area contributed by atoms with Crippen LogP contribution in [-0.4, -0.2) is 23.8 Å². The number of hydrazone groups is 1. The van der Waals surface area contributed by atoms with Crippen LogP contribution in [0.5, 0.6) is 11.5 Å². The number of furan rings is 1. The monoisotopic (exact) mass is 367 g/mol. The first kappa shape index (κ1) is 16.6. The fourth-order valence-corrected chi connectivity index (χ4v) is 2.67. The van der Waals surface area contributed by atoms with E-state index in [1.54, 1.807) is 6.07 Å². The van der Waals surface area contributed by atoms with Crippen LogP contribution in [0.15, 0.2) is 45.9 Å². The highest BCUT2D eigenvalue weighted by atomic mass is 16.7. The molecule has 0 atom stereocenters. The Balaban J connectivity index is 1.50. The first-order valence-electron chi connectivity index (χ1n) is 7.93. The molecule has 0 aliphatic carbocycles. The summed E-state index contributed by atoms with van der Waals surface area (Å²) in [5, 5.41) is 15.2. The third kappa shape index (κ3) is 3.17. The molecular weight excluding hydrogens is 354 g/mol. The largest absolute Gasteiger partial charge is 0.454 e. The lowest BCUT2D eigenvalue weighted by Gasteiger charge is -2.02. The molecule has 0 bridgehead atoms. The summed E-state index contributed by atoms with van der Waals surface area (Å²) in [4.78, 5) is 22.5. The van der Waals surface area contributed by atoms with E-state index in [4.69, 9.17) is 13.9 Å². The lowest BCUT2D eigenvalue weighted by Crippen LogP contribution is -2.16. The zero-order chi connectivity index (χ0) is 19.0. The van der Waals surface area contributed by atoms with Gasteiger partial charge in [-0.1, -0.05) is 0 Å². The standard InChI is InChI=1S/C18H13N3O6/c1-10-4-15-16(26-9-25-15)7-12(10)8-19-20-18(22)17-6-11-5-13(21(23)24)2-3-14(11)27-17/h2-8H,9H2,1H3,(H,20,22)/b19-8-. The topological polar surface area (TPSA) is 116 Å². The van der Waals surface area contributed by atoms with Gasteiger partial charge < -0.3 is 13.9 Å². The van der Waals surface area contributed by atoms with E-state index in [9.17, 15) is 14.9 Å². The number of ether oxygens (including phenoxy) is 2. The van der Waals surface area contributed by atoms with Crippen LogP contribution in [0.3, 0.4) is 0 Å². The number of hydrogen-bond acceptors (Lipinski definition) is 7. The van der Waals surface area contributed by atoms with Crippen LogP contribution in [0.1, 0.15) is 21.7 Å². The van der Waals surface area contributed by atoms with Crippen molar-refractivity contribution >= 4 is 28.8 Å². The normalized spacial score (nSPS) is 12.6. The highest BCUT2D eigenvalue weighted by Gasteiger charge is 2.16. The Bertz CT molecular complexity index is 1100. The van der Waals surface area contributed by atoms with Crippen molar-refractivity contribution in [3.05, 3.63) is 63.4 Å². The minimum absolute atomic E-state index is 0.00468. The van der Waals surface area contributed by atoms with Crippen LogP contribution in [0, 0.1) is 17.0 Å². The smallest absolute Gasteiger partial charge is 0.307 e. The molecule has 0 spiro atoms. The highest BCUT2D eigenvalue weighted by Crippen LogP contribution is 2.34. The summed E-state index contributed by atoms with van der Waals surface area (Å²) < 4.78 is 16.0. The zero-order valence-electron chi connectivity index (χ0n) is 14.1. The van der Waals surface area contributed by atoms with Gasteiger partial charge in [-0.05, 0) is 36.8 Å². The lowest BCUT2D eigenvalue weighted by atomic mass is 10.1. The van der Waals surface area contributed by atoms with Gasteiger partial charge in [-0.2, -0.15) is 5.10 Å². The van der Waals surface area contributed by atoms with Gasteiger partial charge in [-0.3, -0.25) is 14.9 Å². The number of nitrogens with zero attached hydrogens (tertiary/aromatic N) is 2. The van der Waals surface area contributed by atoms with E-state index in [1.807, 2.05) is 13.0 Å². The molecule has 0 fully saturated rings. The quantitative estimate of drug-likeness (QED) is 0.430. The first-order valence-corrected chi connectivity index (χ1v) is 7.93. The molecule has 1 aliphatic rings. The van der Waals surface area contributed by atoms with Crippen molar-refractivity contribution in [3.63, 3.8) is 0 Å². The second-order valence-corrected chi connectivity index (χ2v) is 5.85. The molecule has 0 saturated heterocycles. The van der Waals surface area contributed by atoms with Gasteiger partial charge in [0.1, 0.15) is 5.58 Å². The summed E-state index contributed by atoms with van der Waals surface area (Å²) in [6.45, 7) is 2.06. The van der Waals surface area contributed by atoms with Crippen molar-refractivity contribution < 1.29 is 23.6 Å². The molecule has 1 aliphatic heterocycles. The third-order valence-electron chi connectivity index (χ3n) is 4.07. The molecule has 0 saturated carbocycles. The predicted molar refractivity (Wildman–Crippen MR) is 95.2 cm³/mol. The van der Waals surface area contributed by atoms with E-state index < -0.39 is 10.8 Å². The second-order valence-electron chi connectivity index (χ2n) is 5.85. The maximum Gasteiger partial charge on any atom is 0.307 e. The number of carbonyl (C=O) groups excluding carboxylic acids is 1. The number of nitro benzene ring substituents is 1. The number of aryl methyl sites for hydroxylation is 1. The minimum Gasteiger partial charge on any atom is -0.454 e. The Hall–Kier alpha value is -3.88. The summed E-state index contributed by atoms with van der Waals surface area (Å²) in [5.74, 6) is 0.728. The molecule has 4 rings (SSSR count). The van der Waals surface area contributed by atoms with Crippen LogP contribution < -0.4 is 14.9 Å². The van der Waals surface area contributed by atoms with E-state index in [-0.39, 0.29) is 18.2 Å². The van der Waals surface area contributed by atoms with Gasteiger partial charge in [0.05, 0.1) is 11.1 Å². The van der Waals surface area contributed by atoms with E-state index in [2.05, 4.69) is 10.5 Å². The van der Waals surface area contributed by atoms with E-state index in [0.717, 1.165) is 11.1 Å². The predicted octanol–water partition coefficient (Wildman–Crippen LogP) is 3.14. The summed E-state index contributed by atoms with van der Waals surface area (Å²) in [6.07, 6.45) is 1.49. The SMILES string of the molecule is Cc1cc2c(cc1/C=N\NC(=O)c1cc3cc([N+](=O)[O-])ccc3o1)OCO2. The van der Waals surface area contributed by atoms with Crippen molar-refractivity contribution in [1.29, 1.82) is 0 Å². The average molecular weight is 367 g/mol. The molecule has 0 radical (unpaired) electrons. The van der Waals surface area contributed by atoms with Gasteiger partial charge in [0.25, 0.3) is 5.69 Å². The maximum atomic E-state index is 12.2. The summed E-state index contributed by atoms with van der Waals surface area (Å²) in [6, 6.07) is 9.14. The summed E-state index contributed by atoms with van der Waals surface area (Å²) >= 11 is 0. The van der Waals surface area contributed by atoms with E-state index >= 15 is 0 Å². The highest BCUT2D eigenvalue weighted by molar-refractivity contribution is 5.97. The molecule has 27 heavy (non-hydrogen) atoms. The molecule has 9 heteroatoms. The van der Waals surface area contributed by atoms with Crippen LogP contribution in [0.25, 0.3) is 11.0 Å². The average Bonchev–Trinajstić information content (AvgIpc) is 3.27. The molecule has 2 aromatic carbocycles. The van der Waals surface area contributed by atoms with Gasteiger partial charge in [-0.15, -0.1) is 0 Å². The van der Waals surface area contributed by atoms with Crippen molar-refractivity contribution in [1.82, 2.24) is 5.43 Å². The number of hydrogen-bond donors (Lipinski definition) is 1. The lowest BCUT2D eigenvalue weighted by molar-refractivity contribution is -0.384. The zero-order valence-corrected chi connectivity index (χ0v) is 14.1. The van der Waals surface area contributed by atoms with Crippen LogP contribution in [-0.2, 0) is 0 Å². The Morgan fingerprint density at radius 1 is 1.22 bits per heavy atom. The Labute approximate surface area is 152 Å². The van der Waals surface area contributed by atoms with Crippen molar-refractivity contribution in [2.45, 2.75) is 6.92 Å². The molecule has 0 unspecified atom stereocenters. The molecule has 9 nitrogen and oxygen atoms in total. The summed E-state index contributed by atoms with van der Waals surface area (Å²) in [7, 11) is 0. The maximum absolute atomic E-state index is 12.2. The summed E-state index contributed by atoms with van der Waals surface area (Å²) in [5.41, 5.74) is 4.34. The van der Waals surface area contributed by atoms with E-state index in [0.29, 0.717) is 22.5 Å². The number of amides is 1. The van der Waals surface area contributed by atoms with Gasteiger partial charge in [0.15, 0.2) is 17.3 Å². The Morgan fingerprint density at radius 2 is 2.00 bits per heavy atom.